The summed E-state index contributed by atoms with van der Waals surface area (Å²) in [5.74, 6) is 0. The minimum Gasteiger partial charge on any atom is -0.256 e. The third-order valence-corrected chi connectivity index (χ3v) is 8.50. The third kappa shape index (κ3) is 3.18. The highest BCUT2D eigenvalue weighted by Crippen LogP contribution is 2.42. The van der Waals surface area contributed by atoms with E-state index >= 15 is 0 Å². The van der Waals surface area contributed by atoms with Crippen molar-refractivity contribution >= 4 is 64.1 Å². The maximum absolute atomic E-state index is 5.17. The van der Waals surface area contributed by atoms with Gasteiger partial charge in [0, 0.05) is 48.1 Å². The first kappa shape index (κ1) is 20.6. The quantitative estimate of drug-likeness (QED) is 0.226. The molecule has 8 aromatic rings. The van der Waals surface area contributed by atoms with E-state index < -0.39 is 0 Å². The van der Waals surface area contributed by atoms with Crippen molar-refractivity contribution in [2.45, 2.75) is 0 Å². The summed E-state index contributed by atoms with van der Waals surface area (Å²) < 4.78 is 2.60. The van der Waals surface area contributed by atoms with Gasteiger partial charge in [0.1, 0.15) is 0 Å². The van der Waals surface area contributed by atoms with Crippen LogP contribution in [0.4, 0.5) is 0 Å². The Bertz CT molecular complexity index is 2140. The number of hydrogen-bond donors (Lipinski definition) is 0. The standard InChI is InChI=1S/C34H20N2S/c1-3-9-29-26(7-1)34-31(27-8-2-4-10-30(27)37-34)33(36-29)24-15-11-21(12-16-24)25-18-14-22-13-17-23-6-5-19-35-32(23)28(22)20-25/h1-20H. The fourth-order valence-electron chi connectivity index (χ4n) is 5.48. The summed E-state index contributed by atoms with van der Waals surface area (Å²) in [6, 6.07) is 41.1. The minimum absolute atomic E-state index is 1.04. The fraction of sp³-hybridized carbons (Fsp3) is 0. The topological polar surface area (TPSA) is 25.8 Å². The SMILES string of the molecule is c1cnc2c(c1)ccc1ccc(-c3ccc(-c4nc5ccccc5c5sc6ccccc6c45)cc3)cc12. The minimum atomic E-state index is 1.04. The van der Waals surface area contributed by atoms with E-state index in [1.54, 1.807) is 0 Å². The van der Waals surface area contributed by atoms with Gasteiger partial charge in [-0.05, 0) is 40.8 Å². The zero-order valence-electron chi connectivity index (χ0n) is 19.8. The fourth-order valence-corrected chi connectivity index (χ4v) is 6.72. The van der Waals surface area contributed by atoms with Gasteiger partial charge in [0.25, 0.3) is 0 Å². The molecule has 3 aromatic heterocycles. The summed E-state index contributed by atoms with van der Waals surface area (Å²) in [4.78, 5) is 9.84. The van der Waals surface area contributed by atoms with E-state index in [1.807, 2.05) is 23.6 Å². The largest absolute Gasteiger partial charge is 0.256 e. The maximum atomic E-state index is 5.17. The molecule has 0 unspecified atom stereocenters. The Morgan fingerprint density at radius 3 is 2.19 bits per heavy atom. The van der Waals surface area contributed by atoms with Crippen molar-refractivity contribution in [2.75, 3.05) is 0 Å². The molecule has 0 N–H and O–H groups in total. The highest BCUT2D eigenvalue weighted by Gasteiger charge is 2.16. The highest BCUT2D eigenvalue weighted by atomic mass is 32.1. The normalized spacial score (nSPS) is 11.8. The van der Waals surface area contributed by atoms with E-state index in [-0.39, 0.29) is 0 Å². The Morgan fingerprint density at radius 1 is 0.541 bits per heavy atom. The van der Waals surface area contributed by atoms with E-state index in [0.29, 0.717) is 0 Å². The number of rotatable bonds is 2. The highest BCUT2D eigenvalue weighted by molar-refractivity contribution is 7.26. The van der Waals surface area contributed by atoms with Crippen LogP contribution in [0.15, 0.2) is 121 Å². The lowest BCUT2D eigenvalue weighted by Crippen LogP contribution is -1.88. The summed E-state index contributed by atoms with van der Waals surface area (Å²) in [6.07, 6.45) is 1.87. The molecular weight excluding hydrogens is 468 g/mol. The van der Waals surface area contributed by atoms with Gasteiger partial charge in [-0.2, -0.15) is 0 Å². The van der Waals surface area contributed by atoms with Crippen molar-refractivity contribution in [3.63, 3.8) is 0 Å². The molecule has 37 heavy (non-hydrogen) atoms. The number of hydrogen-bond acceptors (Lipinski definition) is 3. The molecule has 172 valence electrons. The molecule has 3 heterocycles. The predicted molar refractivity (Wildman–Crippen MR) is 158 cm³/mol. The summed E-state index contributed by atoms with van der Waals surface area (Å²) >= 11 is 1.86. The lowest BCUT2D eigenvalue weighted by atomic mass is 9.97. The maximum Gasteiger partial charge on any atom is 0.0802 e. The van der Waals surface area contributed by atoms with E-state index in [4.69, 9.17) is 4.98 Å². The lowest BCUT2D eigenvalue weighted by Gasteiger charge is -2.10. The molecule has 0 aliphatic heterocycles. The van der Waals surface area contributed by atoms with E-state index in [1.165, 1.54) is 47.5 Å². The van der Waals surface area contributed by atoms with E-state index in [2.05, 4.69) is 114 Å². The van der Waals surface area contributed by atoms with Crippen molar-refractivity contribution < 1.29 is 0 Å². The van der Waals surface area contributed by atoms with Gasteiger partial charge in [0.05, 0.1) is 16.7 Å². The Morgan fingerprint density at radius 2 is 1.27 bits per heavy atom. The molecule has 0 amide bonds. The summed E-state index contributed by atoms with van der Waals surface area (Å²) in [7, 11) is 0. The molecule has 0 atom stereocenters. The number of para-hydroxylation sites is 1. The molecule has 0 spiro atoms. The molecular formula is C34H20N2S. The number of benzene rings is 5. The Hall–Kier alpha value is -4.60. The first-order chi connectivity index (χ1) is 18.3. The average molecular weight is 489 g/mol. The second kappa shape index (κ2) is 7.95. The number of thiophene rings is 1. The smallest absolute Gasteiger partial charge is 0.0802 e. The van der Waals surface area contributed by atoms with Crippen LogP contribution in [0.1, 0.15) is 0 Å². The first-order valence-corrected chi connectivity index (χ1v) is 13.2. The Balaban J connectivity index is 1.31. The molecule has 0 aliphatic carbocycles. The molecule has 0 bridgehead atoms. The Kier molecular flexibility index (Phi) is 4.42. The molecule has 2 nitrogen and oxygen atoms in total. The molecule has 0 fully saturated rings. The van der Waals surface area contributed by atoms with Gasteiger partial charge in [-0.1, -0.05) is 91.0 Å². The van der Waals surface area contributed by atoms with Crippen molar-refractivity contribution in [3.05, 3.63) is 121 Å². The number of pyridine rings is 2. The summed E-state index contributed by atoms with van der Waals surface area (Å²) in [5, 5.41) is 7.29. The van der Waals surface area contributed by atoms with Gasteiger partial charge in [0.2, 0.25) is 0 Å². The van der Waals surface area contributed by atoms with Crippen LogP contribution in [0.3, 0.4) is 0 Å². The van der Waals surface area contributed by atoms with Crippen LogP contribution >= 0.6 is 11.3 Å². The van der Waals surface area contributed by atoms with Crippen LogP contribution in [0.2, 0.25) is 0 Å². The second-order valence-electron chi connectivity index (χ2n) is 9.43. The predicted octanol–water partition coefficient (Wildman–Crippen LogP) is 9.64. The van der Waals surface area contributed by atoms with Gasteiger partial charge in [-0.25, -0.2) is 4.98 Å². The lowest BCUT2D eigenvalue weighted by molar-refractivity contribution is 1.43. The third-order valence-electron chi connectivity index (χ3n) is 7.29. The summed E-state index contributed by atoms with van der Waals surface area (Å²) in [6.45, 7) is 0. The average Bonchev–Trinajstić information content (AvgIpc) is 3.37. The van der Waals surface area contributed by atoms with Crippen molar-refractivity contribution in [1.29, 1.82) is 0 Å². The summed E-state index contributed by atoms with van der Waals surface area (Å²) in [5.41, 5.74) is 6.64. The van der Waals surface area contributed by atoms with Gasteiger partial charge in [0.15, 0.2) is 0 Å². The molecule has 0 saturated carbocycles. The molecule has 0 aliphatic rings. The number of aromatic nitrogens is 2. The van der Waals surface area contributed by atoms with Crippen molar-refractivity contribution in [3.8, 4) is 22.4 Å². The van der Waals surface area contributed by atoms with Gasteiger partial charge < -0.3 is 0 Å². The van der Waals surface area contributed by atoms with Crippen molar-refractivity contribution in [1.82, 2.24) is 9.97 Å². The number of nitrogens with zero attached hydrogens (tertiary/aromatic N) is 2. The van der Waals surface area contributed by atoms with Gasteiger partial charge >= 0.3 is 0 Å². The van der Waals surface area contributed by atoms with Gasteiger partial charge in [-0.3, -0.25) is 4.98 Å². The number of fused-ring (bicyclic) bond motifs is 8. The van der Waals surface area contributed by atoms with Crippen LogP contribution in [0.25, 0.3) is 75.1 Å². The van der Waals surface area contributed by atoms with Crippen LogP contribution in [0.5, 0.6) is 0 Å². The molecule has 3 heteroatoms. The second-order valence-corrected chi connectivity index (χ2v) is 10.5. The monoisotopic (exact) mass is 488 g/mol. The van der Waals surface area contributed by atoms with Gasteiger partial charge in [-0.15, -0.1) is 11.3 Å². The first-order valence-electron chi connectivity index (χ1n) is 12.4. The zero-order valence-corrected chi connectivity index (χ0v) is 20.7. The van der Waals surface area contributed by atoms with Crippen LogP contribution in [-0.4, -0.2) is 9.97 Å². The van der Waals surface area contributed by atoms with Crippen LogP contribution < -0.4 is 0 Å². The van der Waals surface area contributed by atoms with E-state index in [0.717, 1.165) is 27.7 Å². The zero-order chi connectivity index (χ0) is 24.3. The van der Waals surface area contributed by atoms with Crippen molar-refractivity contribution in [2.24, 2.45) is 0 Å². The Labute approximate surface area is 217 Å². The molecule has 8 rings (SSSR count). The van der Waals surface area contributed by atoms with Crippen LogP contribution in [0, 0.1) is 0 Å². The molecule has 0 saturated heterocycles. The molecule has 0 radical (unpaired) electrons. The van der Waals surface area contributed by atoms with Crippen LogP contribution in [-0.2, 0) is 0 Å². The molecule has 5 aromatic carbocycles. The van der Waals surface area contributed by atoms with E-state index in [9.17, 15) is 0 Å².